The van der Waals surface area contributed by atoms with Gasteiger partial charge < -0.3 is 10.1 Å². The molecule has 3 rings (SSSR count). The molecule has 0 saturated carbocycles. The van der Waals surface area contributed by atoms with Crippen molar-refractivity contribution >= 4 is 17.2 Å². The van der Waals surface area contributed by atoms with E-state index in [-0.39, 0.29) is 0 Å². The lowest BCUT2D eigenvalue weighted by molar-refractivity contribution is 0.161. The maximum absolute atomic E-state index is 6.00. The molecule has 1 aliphatic heterocycles. The molecule has 2 aromatic rings. The highest BCUT2D eigenvalue weighted by atomic mass is 35.5. The van der Waals surface area contributed by atoms with Gasteiger partial charge in [-0.2, -0.15) is 0 Å². The van der Waals surface area contributed by atoms with Crippen molar-refractivity contribution in [1.82, 2.24) is 14.3 Å². The minimum Gasteiger partial charge on any atom is -0.330 e. The van der Waals surface area contributed by atoms with Crippen LogP contribution in [0.5, 0.6) is 0 Å². The minimum atomic E-state index is 0.738. The number of likely N-dealkylation sites (tertiary alicyclic amines) is 1. The standard InChI is InChI=1S/C15H21ClN4/c16-13-3-4-15-18-14(11-20(15)9-13)10-19-7-1-2-12(8-19)5-6-17/h3-4,9,11-12H,1-2,5-8,10,17H2. The normalized spacial score (nSPS) is 20.6. The Bertz CT molecular complexity index is 578. The monoisotopic (exact) mass is 292 g/mol. The second-order valence-electron chi connectivity index (χ2n) is 5.67. The second-order valence-corrected chi connectivity index (χ2v) is 6.10. The molecule has 1 atom stereocenters. The summed E-state index contributed by atoms with van der Waals surface area (Å²) in [5.74, 6) is 0.750. The van der Waals surface area contributed by atoms with E-state index in [4.69, 9.17) is 17.3 Å². The summed E-state index contributed by atoms with van der Waals surface area (Å²) in [6, 6.07) is 3.84. The van der Waals surface area contributed by atoms with Crippen LogP contribution < -0.4 is 5.73 Å². The zero-order chi connectivity index (χ0) is 13.9. The predicted octanol–water partition coefficient (Wildman–Crippen LogP) is 2.55. The lowest BCUT2D eigenvalue weighted by Crippen LogP contribution is -2.35. The topological polar surface area (TPSA) is 46.6 Å². The third-order valence-electron chi connectivity index (χ3n) is 4.03. The third kappa shape index (κ3) is 3.14. The Balaban J connectivity index is 1.69. The van der Waals surface area contributed by atoms with Gasteiger partial charge in [0.05, 0.1) is 10.7 Å². The van der Waals surface area contributed by atoms with E-state index in [2.05, 4.69) is 16.1 Å². The number of aromatic nitrogens is 2. The third-order valence-corrected chi connectivity index (χ3v) is 4.25. The molecular formula is C15H21ClN4. The molecule has 1 unspecified atom stereocenters. The van der Waals surface area contributed by atoms with Gasteiger partial charge in [0.1, 0.15) is 5.65 Å². The molecule has 1 aliphatic rings. The largest absolute Gasteiger partial charge is 0.330 e. The fraction of sp³-hybridized carbons (Fsp3) is 0.533. The summed E-state index contributed by atoms with van der Waals surface area (Å²) >= 11 is 6.00. The van der Waals surface area contributed by atoms with E-state index in [1.54, 1.807) is 0 Å². The predicted molar refractivity (Wildman–Crippen MR) is 81.9 cm³/mol. The first kappa shape index (κ1) is 13.9. The van der Waals surface area contributed by atoms with Crippen LogP contribution in [0.15, 0.2) is 24.5 Å². The highest BCUT2D eigenvalue weighted by molar-refractivity contribution is 6.30. The van der Waals surface area contributed by atoms with Crippen molar-refractivity contribution in [3.05, 3.63) is 35.2 Å². The first-order valence-corrected chi connectivity index (χ1v) is 7.68. The molecule has 1 fully saturated rings. The van der Waals surface area contributed by atoms with Crippen LogP contribution >= 0.6 is 11.6 Å². The highest BCUT2D eigenvalue weighted by Crippen LogP contribution is 2.21. The van der Waals surface area contributed by atoms with Crippen LogP contribution in [0.4, 0.5) is 0 Å². The Kier molecular flexibility index (Phi) is 4.24. The Morgan fingerprint density at radius 2 is 2.25 bits per heavy atom. The fourth-order valence-electron chi connectivity index (χ4n) is 3.09. The molecule has 108 valence electrons. The SMILES string of the molecule is NCCC1CCCN(Cc2cn3cc(Cl)ccc3n2)C1. The van der Waals surface area contributed by atoms with Crippen molar-refractivity contribution < 1.29 is 0 Å². The van der Waals surface area contributed by atoms with Gasteiger partial charge in [0, 0.05) is 25.5 Å². The average Bonchev–Trinajstić information content (AvgIpc) is 2.81. The van der Waals surface area contributed by atoms with Gasteiger partial charge in [-0.3, -0.25) is 4.90 Å². The highest BCUT2D eigenvalue weighted by Gasteiger charge is 2.20. The Morgan fingerprint density at radius 3 is 3.10 bits per heavy atom. The van der Waals surface area contributed by atoms with E-state index in [1.807, 2.05) is 22.7 Å². The maximum Gasteiger partial charge on any atom is 0.137 e. The molecular weight excluding hydrogens is 272 g/mol. The molecule has 5 heteroatoms. The van der Waals surface area contributed by atoms with Crippen molar-refractivity contribution in [2.45, 2.75) is 25.8 Å². The smallest absolute Gasteiger partial charge is 0.137 e. The van der Waals surface area contributed by atoms with Gasteiger partial charge in [-0.05, 0) is 50.4 Å². The molecule has 4 nitrogen and oxygen atoms in total. The summed E-state index contributed by atoms with van der Waals surface area (Å²) < 4.78 is 2.00. The van der Waals surface area contributed by atoms with Gasteiger partial charge in [-0.15, -0.1) is 0 Å². The number of nitrogens with two attached hydrogens (primary N) is 1. The fourth-order valence-corrected chi connectivity index (χ4v) is 3.26. The molecule has 0 radical (unpaired) electrons. The van der Waals surface area contributed by atoms with Crippen LogP contribution in [0.25, 0.3) is 5.65 Å². The number of piperidine rings is 1. The molecule has 20 heavy (non-hydrogen) atoms. The molecule has 0 spiro atoms. The van der Waals surface area contributed by atoms with Crippen LogP contribution in [0.2, 0.25) is 5.02 Å². The molecule has 0 aliphatic carbocycles. The summed E-state index contributed by atoms with van der Waals surface area (Å²) in [6.07, 6.45) is 7.70. The number of rotatable bonds is 4. The van der Waals surface area contributed by atoms with Crippen LogP contribution in [-0.2, 0) is 6.54 Å². The number of hydrogen-bond donors (Lipinski definition) is 1. The minimum absolute atomic E-state index is 0.738. The van der Waals surface area contributed by atoms with E-state index in [1.165, 1.54) is 12.8 Å². The van der Waals surface area contributed by atoms with Crippen LogP contribution in [0, 0.1) is 5.92 Å². The van der Waals surface area contributed by atoms with E-state index >= 15 is 0 Å². The molecule has 2 N–H and O–H groups in total. The van der Waals surface area contributed by atoms with Crippen molar-refractivity contribution in [3.63, 3.8) is 0 Å². The van der Waals surface area contributed by atoms with Crippen molar-refractivity contribution in [1.29, 1.82) is 0 Å². The van der Waals surface area contributed by atoms with Gasteiger partial charge in [0.15, 0.2) is 0 Å². The average molecular weight is 293 g/mol. The number of imidazole rings is 1. The maximum atomic E-state index is 6.00. The quantitative estimate of drug-likeness (QED) is 0.942. The molecule has 0 bridgehead atoms. The zero-order valence-electron chi connectivity index (χ0n) is 11.6. The number of nitrogens with zero attached hydrogens (tertiary/aromatic N) is 3. The molecule has 2 aromatic heterocycles. The van der Waals surface area contributed by atoms with Crippen LogP contribution in [0.3, 0.4) is 0 Å². The second kappa shape index (κ2) is 6.12. The van der Waals surface area contributed by atoms with E-state index in [0.29, 0.717) is 0 Å². The Labute approximate surface area is 124 Å². The van der Waals surface area contributed by atoms with Gasteiger partial charge in [0.25, 0.3) is 0 Å². The summed E-state index contributed by atoms with van der Waals surface area (Å²) in [7, 11) is 0. The molecule has 0 aromatic carbocycles. The molecule has 3 heterocycles. The zero-order valence-corrected chi connectivity index (χ0v) is 12.4. The Morgan fingerprint density at radius 1 is 1.35 bits per heavy atom. The Hall–Kier alpha value is -1.10. The van der Waals surface area contributed by atoms with Crippen LogP contribution in [-0.4, -0.2) is 33.9 Å². The molecule has 1 saturated heterocycles. The lowest BCUT2D eigenvalue weighted by Gasteiger charge is -2.32. The van der Waals surface area contributed by atoms with Gasteiger partial charge in [0.2, 0.25) is 0 Å². The van der Waals surface area contributed by atoms with Crippen molar-refractivity contribution in [2.24, 2.45) is 11.7 Å². The summed E-state index contributed by atoms with van der Waals surface area (Å²) in [6.45, 7) is 4.02. The van der Waals surface area contributed by atoms with Gasteiger partial charge >= 0.3 is 0 Å². The van der Waals surface area contributed by atoms with E-state index in [9.17, 15) is 0 Å². The number of hydrogen-bond acceptors (Lipinski definition) is 3. The van der Waals surface area contributed by atoms with Crippen molar-refractivity contribution in [2.75, 3.05) is 19.6 Å². The molecule has 0 amide bonds. The van der Waals surface area contributed by atoms with Gasteiger partial charge in [-0.1, -0.05) is 11.6 Å². The number of pyridine rings is 1. The summed E-state index contributed by atoms with van der Waals surface area (Å²) in [5, 5.41) is 0.738. The van der Waals surface area contributed by atoms with E-state index in [0.717, 1.165) is 54.9 Å². The first-order chi connectivity index (χ1) is 9.74. The lowest BCUT2D eigenvalue weighted by atomic mass is 9.95. The summed E-state index contributed by atoms with van der Waals surface area (Å²) in [4.78, 5) is 7.15. The number of halogens is 1. The summed E-state index contributed by atoms with van der Waals surface area (Å²) in [5.41, 5.74) is 7.75. The van der Waals surface area contributed by atoms with E-state index < -0.39 is 0 Å². The van der Waals surface area contributed by atoms with Gasteiger partial charge in [-0.25, -0.2) is 4.98 Å². The van der Waals surface area contributed by atoms with Crippen molar-refractivity contribution in [3.8, 4) is 0 Å². The first-order valence-electron chi connectivity index (χ1n) is 7.30. The number of fused-ring (bicyclic) bond motifs is 1. The van der Waals surface area contributed by atoms with Crippen LogP contribution in [0.1, 0.15) is 25.0 Å².